The highest BCUT2D eigenvalue weighted by atomic mass is 31.2. The number of methoxy groups -OCH3 is 2. The van der Waals surface area contributed by atoms with Crippen molar-refractivity contribution in [2.75, 3.05) is 81.5 Å². The number of carbonyl (C=O) groups excluding carboxylic acids is 4. The summed E-state index contributed by atoms with van der Waals surface area (Å²) >= 11 is 0. The molecule has 0 aromatic carbocycles. The molecular weight excluding hydrogens is 609 g/mol. The molecule has 0 fully saturated rings. The van der Waals surface area contributed by atoms with Crippen molar-refractivity contribution in [1.29, 1.82) is 0 Å². The summed E-state index contributed by atoms with van der Waals surface area (Å²) in [4.78, 5) is 39.0. The minimum Gasteiger partial charge on any atom is -0.467 e. The second kappa shape index (κ2) is 24.2. The number of esters is 2. The van der Waals surface area contributed by atoms with Gasteiger partial charge in [-0.25, -0.2) is 9.59 Å². The molecule has 0 spiro atoms. The van der Waals surface area contributed by atoms with Crippen molar-refractivity contribution in [3.05, 3.63) is 0 Å². The van der Waals surface area contributed by atoms with Crippen LogP contribution in [0.1, 0.15) is 32.6 Å². The fourth-order valence-corrected chi connectivity index (χ4v) is 5.91. The predicted octanol–water partition coefficient (Wildman–Crippen LogP) is 3.07. The summed E-state index contributed by atoms with van der Waals surface area (Å²) in [5.41, 5.74) is 0. The van der Waals surface area contributed by atoms with Crippen LogP contribution in [0.15, 0.2) is 0 Å². The predicted molar refractivity (Wildman–Crippen MR) is 150 cm³/mol. The van der Waals surface area contributed by atoms with Crippen molar-refractivity contribution < 1.29 is 70.7 Å². The Bertz CT molecular complexity index is 885. The van der Waals surface area contributed by atoms with E-state index in [2.05, 4.69) is 9.47 Å². The molecule has 41 heavy (non-hydrogen) atoms. The quantitative estimate of drug-likeness (QED) is 0.121. The lowest BCUT2D eigenvalue weighted by Gasteiger charge is -2.21. The summed E-state index contributed by atoms with van der Waals surface area (Å²) in [5, 5.41) is 8.54. The molecule has 0 rings (SSSR count). The van der Waals surface area contributed by atoms with Gasteiger partial charge < -0.3 is 47.0 Å². The number of hydrogen-bond acceptors (Lipinski definition) is 15. The van der Waals surface area contributed by atoms with E-state index in [0.29, 0.717) is 38.9 Å². The fraction of sp³-hybridized carbons (Fsp3) is 0.870. The molecule has 0 amide bonds. The van der Waals surface area contributed by atoms with E-state index in [9.17, 15) is 23.3 Å². The number of aliphatic hydroxyl groups is 1. The zero-order chi connectivity index (χ0) is 32.7. The van der Waals surface area contributed by atoms with E-state index in [1.54, 1.807) is 6.92 Å². The molecule has 244 valence electrons. The zero-order valence-electron chi connectivity index (χ0n) is 25.4. The van der Waals surface area contributed by atoms with Crippen molar-refractivity contribution >= 4 is 40.0 Å². The van der Waals surface area contributed by atoms with Crippen LogP contribution in [-0.4, -0.2) is 122 Å². The van der Waals surface area contributed by atoms with Gasteiger partial charge in [-0.2, -0.15) is 9.59 Å². The molecule has 0 radical (unpaired) electrons. The molecule has 0 bridgehead atoms. The summed E-state index contributed by atoms with van der Waals surface area (Å²) < 4.78 is 70.5. The van der Waals surface area contributed by atoms with Gasteiger partial charge in [0.1, 0.15) is 14.3 Å². The Balaban J connectivity index is -0.000000689. The highest BCUT2D eigenvalue weighted by molar-refractivity contribution is 7.64. The lowest BCUT2D eigenvalue weighted by molar-refractivity contribution is -0.191. The number of ether oxygens (including phenoxy) is 5. The third-order valence-electron chi connectivity index (χ3n) is 4.89. The molecule has 0 heterocycles. The molecule has 1 N–H and O–H groups in total. The van der Waals surface area contributed by atoms with E-state index in [1.165, 1.54) is 55.1 Å². The van der Waals surface area contributed by atoms with Gasteiger partial charge in [-0.1, -0.05) is 0 Å². The van der Waals surface area contributed by atoms with Gasteiger partial charge in [-0.15, -0.1) is 0 Å². The van der Waals surface area contributed by atoms with Gasteiger partial charge in [0.2, 0.25) is 11.7 Å². The van der Waals surface area contributed by atoms with Crippen molar-refractivity contribution in [2.45, 2.75) is 50.1 Å². The maximum atomic E-state index is 12.0. The van der Waals surface area contributed by atoms with Crippen LogP contribution in [-0.2, 0) is 65.6 Å². The Morgan fingerprint density at radius 1 is 0.683 bits per heavy atom. The smallest absolute Gasteiger partial charge is 0.373 e. The topological polar surface area (TPSA) is 204 Å². The first kappa shape index (κ1) is 44.2. The van der Waals surface area contributed by atoms with Gasteiger partial charge in [-0.3, -0.25) is 4.57 Å². The molecule has 0 aromatic heterocycles. The SMILES string of the molecule is COC(=O)C(OCCCCO)P(C)(C)=O.COC(=O)C(OCCCCOC(C)P(=O)(OC)OC)P(C)(C)=O.O=C=O. The first-order chi connectivity index (χ1) is 19.0. The zero-order valence-corrected chi connectivity index (χ0v) is 28.1. The Morgan fingerprint density at radius 3 is 1.27 bits per heavy atom. The van der Waals surface area contributed by atoms with Gasteiger partial charge in [-0.05, 0) is 59.3 Å². The maximum Gasteiger partial charge on any atom is 0.373 e. The minimum atomic E-state index is -3.23. The minimum absolute atomic E-state index is 0.0855. The number of hydrogen-bond donors (Lipinski definition) is 1. The Kier molecular flexibility index (Phi) is 26.1. The van der Waals surface area contributed by atoms with Gasteiger partial charge in [0.05, 0.1) is 14.2 Å². The summed E-state index contributed by atoms with van der Waals surface area (Å²) in [6, 6.07) is 0. The normalized spacial score (nSPS) is 13.7. The van der Waals surface area contributed by atoms with E-state index < -0.39 is 51.4 Å². The third-order valence-corrected chi connectivity index (χ3v) is 9.93. The first-order valence-electron chi connectivity index (χ1n) is 12.4. The second-order valence-electron chi connectivity index (χ2n) is 8.96. The average molecular weight is 657 g/mol. The van der Waals surface area contributed by atoms with E-state index in [4.69, 9.17) is 38.0 Å². The van der Waals surface area contributed by atoms with E-state index in [1.807, 2.05) is 0 Å². The Morgan fingerprint density at radius 2 is 1.00 bits per heavy atom. The van der Waals surface area contributed by atoms with Crippen LogP contribution in [0.2, 0.25) is 0 Å². The summed E-state index contributed by atoms with van der Waals surface area (Å²) in [6.07, 6.45) is 2.68. The molecule has 3 atom stereocenters. The van der Waals surface area contributed by atoms with Crippen LogP contribution in [0.25, 0.3) is 0 Å². The standard InChI is InChI=1S/C13H28O8P2.C9H19O5P.CO2/c1-11(23(16,18-3)19-4)20-9-7-8-10-21-13(12(14)17-2)22(5,6)15;1-13-8(11)9(15(2,3)12)14-7-5-4-6-10;2-1-3/h11,13H,7-10H2,1-6H3;9-10H,4-7H2,1-3H3;. The summed E-state index contributed by atoms with van der Waals surface area (Å²) in [6.45, 7) is 8.51. The van der Waals surface area contributed by atoms with Gasteiger partial charge >= 0.3 is 25.7 Å². The number of carbonyl (C=O) groups is 2. The van der Waals surface area contributed by atoms with Crippen molar-refractivity contribution in [3.8, 4) is 0 Å². The van der Waals surface area contributed by atoms with E-state index >= 15 is 0 Å². The Hall–Kier alpha value is -1.23. The van der Waals surface area contributed by atoms with Crippen LogP contribution in [0.4, 0.5) is 0 Å². The van der Waals surface area contributed by atoms with Gasteiger partial charge in [0.15, 0.2) is 5.85 Å². The van der Waals surface area contributed by atoms with Crippen LogP contribution < -0.4 is 0 Å². The van der Waals surface area contributed by atoms with Gasteiger partial charge in [0, 0.05) is 40.6 Å². The molecule has 0 aliphatic carbocycles. The molecular formula is C23H47O15P3. The largest absolute Gasteiger partial charge is 0.467 e. The lowest BCUT2D eigenvalue weighted by Crippen LogP contribution is -2.25. The molecule has 15 nitrogen and oxygen atoms in total. The van der Waals surface area contributed by atoms with Crippen molar-refractivity contribution in [1.82, 2.24) is 0 Å². The molecule has 0 saturated heterocycles. The third kappa shape index (κ3) is 21.2. The molecule has 0 aromatic rings. The van der Waals surface area contributed by atoms with Gasteiger partial charge in [0.25, 0.3) is 0 Å². The molecule has 0 aliphatic heterocycles. The monoisotopic (exact) mass is 656 g/mol. The second-order valence-corrected chi connectivity index (χ2v) is 18.2. The van der Waals surface area contributed by atoms with Crippen LogP contribution in [0.3, 0.4) is 0 Å². The Labute approximate surface area is 242 Å². The number of unbranched alkanes of at least 4 members (excludes halogenated alkanes) is 2. The molecule has 18 heteroatoms. The first-order valence-corrected chi connectivity index (χ1v) is 19.3. The summed E-state index contributed by atoms with van der Waals surface area (Å²) in [7, 11) is -3.56. The van der Waals surface area contributed by atoms with Crippen LogP contribution >= 0.6 is 21.9 Å². The molecule has 0 aliphatic rings. The lowest BCUT2D eigenvalue weighted by atomic mass is 10.3. The van der Waals surface area contributed by atoms with Crippen molar-refractivity contribution in [2.24, 2.45) is 0 Å². The van der Waals surface area contributed by atoms with Crippen molar-refractivity contribution in [3.63, 3.8) is 0 Å². The highest BCUT2D eigenvalue weighted by Crippen LogP contribution is 2.51. The van der Waals surface area contributed by atoms with E-state index in [0.717, 1.165) is 0 Å². The van der Waals surface area contributed by atoms with Crippen LogP contribution in [0, 0.1) is 0 Å². The number of rotatable bonds is 19. The fourth-order valence-electron chi connectivity index (χ4n) is 2.73. The van der Waals surface area contributed by atoms with E-state index in [-0.39, 0.29) is 19.4 Å². The van der Waals surface area contributed by atoms with Crippen LogP contribution in [0.5, 0.6) is 0 Å². The molecule has 3 unspecified atom stereocenters. The average Bonchev–Trinajstić information content (AvgIpc) is 2.90. The number of aliphatic hydroxyl groups excluding tert-OH is 1. The highest BCUT2D eigenvalue weighted by Gasteiger charge is 2.33. The summed E-state index contributed by atoms with van der Waals surface area (Å²) in [5.74, 6) is -3.94. The maximum absolute atomic E-state index is 12.0. The molecule has 0 saturated carbocycles.